The third-order valence-corrected chi connectivity index (χ3v) is 8.89. The van der Waals surface area contributed by atoms with Gasteiger partial charge in [0.25, 0.3) is 10.0 Å². The van der Waals surface area contributed by atoms with Crippen molar-refractivity contribution in [3.05, 3.63) is 99.0 Å². The van der Waals surface area contributed by atoms with Gasteiger partial charge >= 0.3 is 0 Å². The predicted molar refractivity (Wildman–Crippen MR) is 134 cm³/mol. The molecule has 3 aromatic rings. The quantitative estimate of drug-likeness (QED) is 0.356. The molecule has 2 N–H and O–H groups in total. The van der Waals surface area contributed by atoms with Crippen LogP contribution < -0.4 is 10.0 Å². The standard InChI is InChI=1S/C25H22BrClN2O2S/c1-15-22(27)10-5-11-23(15)29-32(30,31)16-12-13-24-20(14-16)17-7-4-8-18(17)25(28-24)19-6-2-3-9-21(19)26/h2-7,9-14,17-18,25,28-29H,8H2,1H3/t17-,18+,25-/m0/s1. The minimum Gasteiger partial charge on any atom is -0.378 e. The molecular formula is C25H22BrClN2O2S. The lowest BCUT2D eigenvalue weighted by Gasteiger charge is -2.38. The first-order chi connectivity index (χ1) is 15.3. The lowest BCUT2D eigenvalue weighted by Crippen LogP contribution is -2.29. The molecule has 0 radical (unpaired) electrons. The molecule has 0 amide bonds. The highest BCUT2D eigenvalue weighted by atomic mass is 79.9. The lowest BCUT2D eigenvalue weighted by molar-refractivity contribution is 0.424. The molecular weight excluding hydrogens is 508 g/mol. The number of allylic oxidation sites excluding steroid dienone is 2. The maximum absolute atomic E-state index is 13.2. The highest BCUT2D eigenvalue weighted by Crippen LogP contribution is 2.51. The van der Waals surface area contributed by atoms with Crippen molar-refractivity contribution in [2.45, 2.75) is 30.2 Å². The Morgan fingerprint density at radius 2 is 1.88 bits per heavy atom. The summed E-state index contributed by atoms with van der Waals surface area (Å²) in [7, 11) is -3.76. The molecule has 0 saturated carbocycles. The number of anilines is 2. The minimum absolute atomic E-state index is 0.146. The first-order valence-corrected chi connectivity index (χ1v) is 13.1. The number of hydrogen-bond acceptors (Lipinski definition) is 3. The molecule has 0 unspecified atom stereocenters. The van der Waals surface area contributed by atoms with Crippen LogP contribution in [0.15, 0.2) is 82.2 Å². The fraction of sp³-hybridized carbons (Fsp3) is 0.200. The van der Waals surface area contributed by atoms with E-state index in [-0.39, 0.29) is 16.9 Å². The van der Waals surface area contributed by atoms with Crippen LogP contribution in [-0.4, -0.2) is 8.42 Å². The molecule has 3 aromatic carbocycles. The van der Waals surface area contributed by atoms with Crippen LogP contribution in [0.3, 0.4) is 0 Å². The van der Waals surface area contributed by atoms with Gasteiger partial charge in [-0.05, 0) is 72.4 Å². The molecule has 7 heteroatoms. The summed E-state index contributed by atoms with van der Waals surface area (Å²) < 4.78 is 30.1. The van der Waals surface area contributed by atoms with Gasteiger partial charge in [0.05, 0.1) is 16.6 Å². The van der Waals surface area contributed by atoms with Crippen LogP contribution in [0.1, 0.15) is 35.1 Å². The van der Waals surface area contributed by atoms with Crippen LogP contribution in [0.5, 0.6) is 0 Å². The van der Waals surface area contributed by atoms with Crippen molar-refractivity contribution in [3.8, 4) is 0 Å². The van der Waals surface area contributed by atoms with Crippen molar-refractivity contribution in [2.75, 3.05) is 10.0 Å². The summed E-state index contributed by atoms with van der Waals surface area (Å²) in [6, 6.07) is 18.9. The summed E-state index contributed by atoms with van der Waals surface area (Å²) in [6.07, 6.45) is 5.35. The van der Waals surface area contributed by atoms with Gasteiger partial charge in [0.2, 0.25) is 0 Å². The molecule has 0 spiro atoms. The van der Waals surface area contributed by atoms with Crippen LogP contribution in [0.2, 0.25) is 5.02 Å². The van der Waals surface area contributed by atoms with Crippen molar-refractivity contribution in [3.63, 3.8) is 0 Å². The van der Waals surface area contributed by atoms with Crippen LogP contribution in [0.25, 0.3) is 0 Å². The smallest absolute Gasteiger partial charge is 0.261 e. The molecule has 164 valence electrons. The van der Waals surface area contributed by atoms with Crippen LogP contribution in [-0.2, 0) is 10.0 Å². The summed E-state index contributed by atoms with van der Waals surface area (Å²) in [4.78, 5) is 0.246. The van der Waals surface area contributed by atoms with Gasteiger partial charge in [-0.1, -0.05) is 63.9 Å². The Kier molecular flexibility index (Phi) is 5.56. The second-order valence-electron chi connectivity index (χ2n) is 8.26. The van der Waals surface area contributed by atoms with E-state index in [4.69, 9.17) is 11.6 Å². The number of halogens is 2. The van der Waals surface area contributed by atoms with Crippen molar-refractivity contribution >= 4 is 48.9 Å². The van der Waals surface area contributed by atoms with E-state index in [9.17, 15) is 8.42 Å². The number of rotatable bonds is 4. The lowest BCUT2D eigenvalue weighted by atomic mass is 9.77. The number of benzene rings is 3. The highest BCUT2D eigenvalue weighted by Gasteiger charge is 2.39. The summed E-state index contributed by atoms with van der Waals surface area (Å²) in [5.41, 5.74) is 4.38. The van der Waals surface area contributed by atoms with E-state index in [1.165, 1.54) is 5.56 Å². The van der Waals surface area contributed by atoms with Gasteiger partial charge in [0, 0.05) is 21.1 Å². The maximum Gasteiger partial charge on any atom is 0.261 e. The zero-order chi connectivity index (χ0) is 22.5. The van der Waals surface area contributed by atoms with Gasteiger partial charge in [-0.2, -0.15) is 0 Å². The number of hydrogen-bond donors (Lipinski definition) is 2. The first kappa shape index (κ1) is 21.6. The monoisotopic (exact) mass is 528 g/mol. The SMILES string of the molecule is Cc1c(Cl)cccc1NS(=O)(=O)c1ccc2c(c1)[C@H]1C=CC[C@H]1[C@@H](c1ccccc1Br)N2. The van der Waals surface area contributed by atoms with Crippen LogP contribution >= 0.6 is 27.5 Å². The molecule has 3 atom stereocenters. The topological polar surface area (TPSA) is 58.2 Å². The molecule has 4 nitrogen and oxygen atoms in total. The third kappa shape index (κ3) is 3.74. The Morgan fingerprint density at radius 3 is 2.69 bits per heavy atom. The van der Waals surface area contributed by atoms with Crippen molar-refractivity contribution in [1.82, 2.24) is 0 Å². The van der Waals surface area contributed by atoms with Crippen LogP contribution in [0, 0.1) is 12.8 Å². The Bertz CT molecular complexity index is 1340. The van der Waals surface area contributed by atoms with E-state index in [2.05, 4.69) is 50.3 Å². The Labute approximate surface area is 201 Å². The van der Waals surface area contributed by atoms with Gasteiger partial charge < -0.3 is 5.32 Å². The van der Waals surface area contributed by atoms with Crippen molar-refractivity contribution in [2.24, 2.45) is 5.92 Å². The summed E-state index contributed by atoms with van der Waals surface area (Å²) in [6.45, 7) is 1.80. The number of sulfonamides is 1. The zero-order valence-electron chi connectivity index (χ0n) is 17.3. The van der Waals surface area contributed by atoms with E-state index in [1.54, 1.807) is 37.3 Å². The largest absolute Gasteiger partial charge is 0.378 e. The molecule has 0 fully saturated rings. The zero-order valence-corrected chi connectivity index (χ0v) is 20.5. The molecule has 1 heterocycles. The fourth-order valence-electron chi connectivity index (χ4n) is 4.70. The second kappa shape index (κ2) is 8.25. The number of nitrogens with one attached hydrogen (secondary N) is 2. The first-order valence-electron chi connectivity index (χ1n) is 10.4. The molecule has 1 aliphatic heterocycles. The molecule has 0 aromatic heterocycles. The molecule has 5 rings (SSSR count). The Morgan fingerprint density at radius 1 is 1.06 bits per heavy atom. The van der Waals surface area contributed by atoms with Crippen molar-refractivity contribution < 1.29 is 8.42 Å². The van der Waals surface area contributed by atoms with E-state index < -0.39 is 10.0 Å². The van der Waals surface area contributed by atoms with Gasteiger partial charge in [0.15, 0.2) is 0 Å². The average molecular weight is 530 g/mol. The van der Waals surface area contributed by atoms with Crippen LogP contribution in [0.4, 0.5) is 11.4 Å². The van der Waals surface area contributed by atoms with Crippen molar-refractivity contribution in [1.29, 1.82) is 0 Å². The Balaban J connectivity index is 1.51. The summed E-state index contributed by atoms with van der Waals surface area (Å²) in [5.74, 6) is 0.480. The molecule has 1 aliphatic carbocycles. The van der Waals surface area contributed by atoms with Gasteiger partial charge in [-0.3, -0.25) is 4.72 Å². The molecule has 0 saturated heterocycles. The van der Waals surface area contributed by atoms with E-state index in [0.717, 1.165) is 22.1 Å². The van der Waals surface area contributed by atoms with E-state index >= 15 is 0 Å². The fourth-order valence-corrected chi connectivity index (χ4v) is 6.56. The minimum atomic E-state index is -3.76. The highest BCUT2D eigenvalue weighted by molar-refractivity contribution is 9.10. The summed E-state index contributed by atoms with van der Waals surface area (Å²) >= 11 is 9.86. The molecule has 0 bridgehead atoms. The molecule has 2 aliphatic rings. The summed E-state index contributed by atoms with van der Waals surface area (Å²) in [5, 5.41) is 4.19. The average Bonchev–Trinajstić information content (AvgIpc) is 3.27. The van der Waals surface area contributed by atoms with Gasteiger partial charge in [-0.25, -0.2) is 8.42 Å². The predicted octanol–water partition coefficient (Wildman–Crippen LogP) is 7.04. The van der Waals surface area contributed by atoms with E-state index in [1.807, 2.05) is 18.2 Å². The van der Waals surface area contributed by atoms with Gasteiger partial charge in [0.1, 0.15) is 0 Å². The molecule has 32 heavy (non-hydrogen) atoms. The van der Waals surface area contributed by atoms with Gasteiger partial charge in [-0.15, -0.1) is 0 Å². The third-order valence-electron chi connectivity index (χ3n) is 6.40. The maximum atomic E-state index is 13.2. The van der Waals surface area contributed by atoms with E-state index in [0.29, 0.717) is 22.2 Å². The second-order valence-corrected chi connectivity index (χ2v) is 11.2. The Hall–Kier alpha value is -2.28. The number of fused-ring (bicyclic) bond motifs is 3. The normalized spacial score (nSPS) is 21.5.